The molecule has 0 spiro atoms. The number of hydrogen-bond acceptors (Lipinski definition) is 6. The highest BCUT2D eigenvalue weighted by atomic mass is 16.6. The van der Waals surface area contributed by atoms with Crippen LogP contribution in [-0.4, -0.2) is 29.2 Å². The number of nitrogens with two attached hydrogens (primary N) is 1. The van der Waals surface area contributed by atoms with Crippen LogP contribution in [0.4, 0.5) is 5.69 Å². The number of esters is 1. The first kappa shape index (κ1) is 13.9. The van der Waals surface area contributed by atoms with E-state index in [4.69, 9.17) is 5.73 Å². The van der Waals surface area contributed by atoms with Crippen molar-refractivity contribution in [3.05, 3.63) is 33.4 Å². The number of nitro groups is 1. The van der Waals surface area contributed by atoms with Crippen LogP contribution in [0.25, 0.3) is 0 Å². The third kappa shape index (κ3) is 2.95. The van der Waals surface area contributed by atoms with Crippen LogP contribution in [-0.2, 0) is 16.0 Å². The molecule has 7 heteroatoms. The molecule has 0 aliphatic heterocycles. The molecule has 1 atom stereocenters. The Balaban J connectivity index is 3.08. The molecule has 0 saturated carbocycles. The summed E-state index contributed by atoms with van der Waals surface area (Å²) >= 11 is 0. The number of carbonyl (C=O) groups is 1. The van der Waals surface area contributed by atoms with Gasteiger partial charge in [0.2, 0.25) is 0 Å². The number of hydrogen-bond donors (Lipinski definition) is 2. The Morgan fingerprint density at radius 2 is 2.22 bits per heavy atom. The van der Waals surface area contributed by atoms with Crippen LogP contribution in [0, 0.1) is 17.0 Å². The number of methoxy groups -OCH3 is 1. The molecule has 0 aliphatic rings. The van der Waals surface area contributed by atoms with E-state index in [0.29, 0.717) is 5.56 Å². The number of aromatic hydroxyl groups is 1. The second-order valence-electron chi connectivity index (χ2n) is 3.86. The van der Waals surface area contributed by atoms with Crippen molar-refractivity contribution in [1.82, 2.24) is 0 Å². The molecule has 0 aromatic heterocycles. The molecule has 0 radical (unpaired) electrons. The first-order chi connectivity index (χ1) is 8.36. The van der Waals surface area contributed by atoms with Gasteiger partial charge in [-0.2, -0.15) is 0 Å². The van der Waals surface area contributed by atoms with Gasteiger partial charge in [-0.15, -0.1) is 0 Å². The average Bonchev–Trinajstić information content (AvgIpc) is 2.33. The van der Waals surface area contributed by atoms with Crippen LogP contribution in [0.2, 0.25) is 0 Å². The highest BCUT2D eigenvalue weighted by Crippen LogP contribution is 2.28. The van der Waals surface area contributed by atoms with Crippen LogP contribution in [0.1, 0.15) is 11.1 Å². The molecule has 0 aliphatic carbocycles. The van der Waals surface area contributed by atoms with Crippen LogP contribution in [0.5, 0.6) is 5.75 Å². The molecule has 1 aromatic rings. The summed E-state index contributed by atoms with van der Waals surface area (Å²) in [5.74, 6) is -0.737. The van der Waals surface area contributed by atoms with E-state index in [2.05, 4.69) is 4.74 Å². The Morgan fingerprint density at radius 1 is 1.61 bits per heavy atom. The van der Waals surface area contributed by atoms with Crippen LogP contribution in [0.3, 0.4) is 0 Å². The summed E-state index contributed by atoms with van der Waals surface area (Å²) in [5.41, 5.74) is 6.00. The summed E-state index contributed by atoms with van der Waals surface area (Å²) in [6.45, 7) is 1.54. The van der Waals surface area contributed by atoms with E-state index in [9.17, 15) is 20.0 Å². The first-order valence-corrected chi connectivity index (χ1v) is 5.17. The summed E-state index contributed by atoms with van der Waals surface area (Å²) in [4.78, 5) is 21.3. The molecule has 1 rings (SSSR count). The minimum Gasteiger partial charge on any atom is -0.507 e. The molecular formula is C11H14N2O5. The van der Waals surface area contributed by atoms with Gasteiger partial charge in [-0.25, -0.2) is 0 Å². The van der Waals surface area contributed by atoms with Gasteiger partial charge in [0.15, 0.2) is 0 Å². The van der Waals surface area contributed by atoms with Gasteiger partial charge >= 0.3 is 5.97 Å². The Morgan fingerprint density at radius 3 is 2.72 bits per heavy atom. The predicted molar refractivity (Wildman–Crippen MR) is 63.2 cm³/mol. The molecule has 3 N–H and O–H groups in total. The largest absolute Gasteiger partial charge is 0.507 e. The lowest BCUT2D eigenvalue weighted by Crippen LogP contribution is -2.33. The Kier molecular flexibility index (Phi) is 4.22. The third-order valence-electron chi connectivity index (χ3n) is 2.52. The Hall–Kier alpha value is -2.15. The normalized spacial score (nSPS) is 11.9. The zero-order chi connectivity index (χ0) is 13.9. The second-order valence-corrected chi connectivity index (χ2v) is 3.86. The molecule has 1 aromatic carbocycles. The number of non-ortho nitro benzene ring substituents is 1. The van der Waals surface area contributed by atoms with E-state index in [0.717, 1.165) is 0 Å². The molecule has 0 fully saturated rings. The Labute approximate surface area is 103 Å². The van der Waals surface area contributed by atoms with Crippen molar-refractivity contribution in [2.75, 3.05) is 7.11 Å². The number of phenolic OH excluding ortho intramolecular Hbond substituents is 1. The molecule has 7 nitrogen and oxygen atoms in total. The average molecular weight is 254 g/mol. The van der Waals surface area contributed by atoms with Gasteiger partial charge < -0.3 is 15.6 Å². The maximum absolute atomic E-state index is 11.2. The van der Waals surface area contributed by atoms with Gasteiger partial charge in [0.1, 0.15) is 11.8 Å². The van der Waals surface area contributed by atoms with Gasteiger partial charge in [0, 0.05) is 24.1 Å². The molecule has 1 unspecified atom stereocenters. The van der Waals surface area contributed by atoms with Crippen molar-refractivity contribution >= 4 is 11.7 Å². The van der Waals surface area contributed by atoms with Crippen molar-refractivity contribution in [3.63, 3.8) is 0 Å². The van der Waals surface area contributed by atoms with Crippen molar-refractivity contribution in [2.45, 2.75) is 19.4 Å². The fraction of sp³-hybridized carbons (Fsp3) is 0.364. The number of nitro benzene ring substituents is 1. The topological polar surface area (TPSA) is 116 Å². The maximum Gasteiger partial charge on any atom is 0.322 e. The minimum atomic E-state index is -0.970. The standard InChI is InChI=1S/C11H14N2O5/c1-6-3-8(13(16)17)4-7(10(6)14)5-9(12)11(15)18-2/h3-4,9,14H,5,12H2,1-2H3. The fourth-order valence-electron chi connectivity index (χ4n) is 1.56. The number of nitrogens with zero attached hydrogens (tertiary/aromatic N) is 1. The summed E-state index contributed by atoms with van der Waals surface area (Å²) in [6, 6.07) is 1.48. The van der Waals surface area contributed by atoms with Gasteiger partial charge in [-0.05, 0) is 12.5 Å². The lowest BCUT2D eigenvalue weighted by atomic mass is 10.0. The molecule has 0 heterocycles. The third-order valence-corrected chi connectivity index (χ3v) is 2.52. The van der Waals surface area contributed by atoms with Gasteiger partial charge in [-0.3, -0.25) is 14.9 Å². The lowest BCUT2D eigenvalue weighted by Gasteiger charge is -2.11. The second kappa shape index (κ2) is 5.46. The quantitative estimate of drug-likeness (QED) is 0.463. The minimum absolute atomic E-state index is 0.0268. The molecule has 0 amide bonds. The number of ether oxygens (including phenoxy) is 1. The van der Waals surface area contributed by atoms with Crippen LogP contribution >= 0.6 is 0 Å². The van der Waals surface area contributed by atoms with Gasteiger partial charge in [-0.1, -0.05) is 0 Å². The van der Waals surface area contributed by atoms with E-state index >= 15 is 0 Å². The molecular weight excluding hydrogens is 240 g/mol. The van der Waals surface area contributed by atoms with Crippen LogP contribution in [0.15, 0.2) is 12.1 Å². The number of phenols is 1. The number of benzene rings is 1. The summed E-state index contributed by atoms with van der Waals surface area (Å²) < 4.78 is 4.45. The summed E-state index contributed by atoms with van der Waals surface area (Å²) in [5, 5.41) is 20.5. The summed E-state index contributed by atoms with van der Waals surface area (Å²) in [6.07, 6.45) is -0.0268. The monoisotopic (exact) mass is 254 g/mol. The first-order valence-electron chi connectivity index (χ1n) is 5.17. The molecule has 98 valence electrons. The van der Waals surface area contributed by atoms with Crippen molar-refractivity contribution in [3.8, 4) is 5.75 Å². The van der Waals surface area contributed by atoms with Crippen molar-refractivity contribution < 1.29 is 19.6 Å². The molecule has 0 bridgehead atoms. The Bertz CT molecular complexity index is 487. The summed E-state index contributed by atoms with van der Waals surface area (Å²) in [7, 11) is 1.20. The molecule has 18 heavy (non-hydrogen) atoms. The SMILES string of the molecule is COC(=O)C(N)Cc1cc([N+](=O)[O-])cc(C)c1O. The lowest BCUT2D eigenvalue weighted by molar-refractivity contribution is -0.385. The van der Waals surface area contributed by atoms with Crippen LogP contribution < -0.4 is 5.73 Å². The van der Waals surface area contributed by atoms with E-state index in [1.54, 1.807) is 0 Å². The van der Waals surface area contributed by atoms with E-state index < -0.39 is 16.9 Å². The van der Waals surface area contributed by atoms with E-state index in [-0.39, 0.29) is 23.4 Å². The van der Waals surface area contributed by atoms with Crippen molar-refractivity contribution in [2.24, 2.45) is 5.73 Å². The van der Waals surface area contributed by atoms with E-state index in [1.807, 2.05) is 0 Å². The van der Waals surface area contributed by atoms with Gasteiger partial charge in [0.25, 0.3) is 5.69 Å². The predicted octanol–water partition coefficient (Wildman–Crippen LogP) is 0.652. The molecule has 0 saturated heterocycles. The number of carbonyl (C=O) groups excluding carboxylic acids is 1. The maximum atomic E-state index is 11.2. The van der Waals surface area contributed by atoms with E-state index in [1.165, 1.54) is 26.2 Å². The smallest absolute Gasteiger partial charge is 0.322 e. The zero-order valence-corrected chi connectivity index (χ0v) is 10.0. The number of rotatable bonds is 4. The number of aryl methyl sites for hydroxylation is 1. The zero-order valence-electron chi connectivity index (χ0n) is 10.0. The highest BCUT2D eigenvalue weighted by Gasteiger charge is 2.20. The fourth-order valence-corrected chi connectivity index (χ4v) is 1.56. The van der Waals surface area contributed by atoms with Gasteiger partial charge in [0.05, 0.1) is 12.0 Å². The highest BCUT2D eigenvalue weighted by molar-refractivity contribution is 5.76. The van der Waals surface area contributed by atoms with Crippen molar-refractivity contribution in [1.29, 1.82) is 0 Å².